The minimum Gasteiger partial charge on any atom is -0.497 e. The van der Waals surface area contributed by atoms with Crippen LogP contribution in [0.1, 0.15) is 12.0 Å². The molecule has 0 N–H and O–H groups in total. The van der Waals surface area contributed by atoms with Gasteiger partial charge in [-0.2, -0.15) is 0 Å². The van der Waals surface area contributed by atoms with Gasteiger partial charge < -0.3 is 14.2 Å². The van der Waals surface area contributed by atoms with E-state index in [1.165, 1.54) is 5.57 Å². The zero-order chi connectivity index (χ0) is 16.6. The molecule has 3 rings (SSSR count). The number of nitrogens with zero attached hydrogens (tertiary/aromatic N) is 1. The summed E-state index contributed by atoms with van der Waals surface area (Å²) in [4.78, 5) is 4.46. The Morgan fingerprint density at radius 3 is 2.46 bits per heavy atom. The Morgan fingerprint density at radius 1 is 1.04 bits per heavy atom. The molecule has 24 heavy (non-hydrogen) atoms. The number of methoxy groups -OCH3 is 1. The van der Waals surface area contributed by atoms with Gasteiger partial charge in [-0.1, -0.05) is 6.08 Å². The van der Waals surface area contributed by atoms with Gasteiger partial charge in [0, 0.05) is 6.21 Å². The first-order valence-electron chi connectivity index (χ1n) is 8.00. The Balaban J connectivity index is 1.55. The summed E-state index contributed by atoms with van der Waals surface area (Å²) in [5.74, 6) is 1.69. The lowest BCUT2D eigenvalue weighted by atomic mass is 10.2. The second-order valence-electron chi connectivity index (χ2n) is 5.50. The molecule has 4 heteroatoms. The Morgan fingerprint density at radius 2 is 1.79 bits per heavy atom. The van der Waals surface area contributed by atoms with Crippen LogP contribution in [0.5, 0.6) is 11.5 Å². The fraction of sp³-hybridized carbons (Fsp3) is 0.250. The Bertz CT molecular complexity index is 703. The summed E-state index contributed by atoms with van der Waals surface area (Å²) >= 11 is 0. The molecule has 4 nitrogen and oxygen atoms in total. The number of rotatable bonds is 6. The van der Waals surface area contributed by atoms with Gasteiger partial charge in [-0.15, -0.1) is 0 Å². The van der Waals surface area contributed by atoms with Crippen LogP contribution in [-0.4, -0.2) is 33.1 Å². The molecule has 2 aromatic rings. The van der Waals surface area contributed by atoms with Crippen LogP contribution < -0.4 is 9.47 Å². The minimum absolute atomic E-state index is 0.628. The van der Waals surface area contributed by atoms with Gasteiger partial charge in [0.25, 0.3) is 0 Å². The first-order chi connectivity index (χ1) is 11.8. The predicted molar refractivity (Wildman–Crippen MR) is 95.7 cm³/mol. The second kappa shape index (κ2) is 8.31. The van der Waals surface area contributed by atoms with E-state index in [4.69, 9.17) is 14.2 Å². The van der Waals surface area contributed by atoms with Gasteiger partial charge in [0.2, 0.25) is 0 Å². The van der Waals surface area contributed by atoms with E-state index >= 15 is 0 Å². The van der Waals surface area contributed by atoms with Crippen molar-refractivity contribution < 1.29 is 14.2 Å². The highest BCUT2D eigenvalue weighted by Crippen LogP contribution is 2.18. The van der Waals surface area contributed by atoms with Gasteiger partial charge in [-0.25, -0.2) is 0 Å². The van der Waals surface area contributed by atoms with E-state index in [2.05, 4.69) is 11.1 Å². The second-order valence-corrected chi connectivity index (χ2v) is 5.50. The molecule has 1 aliphatic heterocycles. The molecule has 0 saturated carbocycles. The summed E-state index contributed by atoms with van der Waals surface area (Å²) in [6.45, 7) is 2.11. The van der Waals surface area contributed by atoms with Crippen molar-refractivity contribution in [1.82, 2.24) is 0 Å². The van der Waals surface area contributed by atoms with Gasteiger partial charge in [0.15, 0.2) is 0 Å². The fourth-order valence-electron chi connectivity index (χ4n) is 2.34. The summed E-state index contributed by atoms with van der Waals surface area (Å²) in [5, 5.41) is 0. The minimum atomic E-state index is 0.628. The van der Waals surface area contributed by atoms with E-state index in [9.17, 15) is 0 Å². The van der Waals surface area contributed by atoms with Crippen LogP contribution in [0.3, 0.4) is 0 Å². The van der Waals surface area contributed by atoms with Crippen LogP contribution >= 0.6 is 0 Å². The van der Waals surface area contributed by atoms with E-state index in [-0.39, 0.29) is 0 Å². The average molecular weight is 323 g/mol. The monoisotopic (exact) mass is 323 g/mol. The molecule has 0 saturated heterocycles. The van der Waals surface area contributed by atoms with Crippen LogP contribution in [-0.2, 0) is 4.74 Å². The van der Waals surface area contributed by atoms with E-state index < -0.39 is 0 Å². The summed E-state index contributed by atoms with van der Waals surface area (Å²) in [7, 11) is 1.65. The van der Waals surface area contributed by atoms with Crippen LogP contribution in [0.2, 0.25) is 0 Å². The van der Waals surface area contributed by atoms with Gasteiger partial charge in [0.05, 0.1) is 26.0 Å². The smallest absolute Gasteiger partial charge is 0.119 e. The molecule has 0 aromatic heterocycles. The number of ether oxygens (including phenoxy) is 3. The van der Waals surface area contributed by atoms with Crippen molar-refractivity contribution in [3.05, 3.63) is 65.7 Å². The summed E-state index contributed by atoms with van der Waals surface area (Å²) in [6, 6.07) is 15.6. The quantitative estimate of drug-likeness (QED) is 0.591. The van der Waals surface area contributed by atoms with Crippen molar-refractivity contribution in [3.8, 4) is 11.5 Å². The highest BCUT2D eigenvalue weighted by Gasteiger charge is 2.04. The largest absolute Gasteiger partial charge is 0.497 e. The lowest BCUT2D eigenvalue weighted by Gasteiger charge is -2.14. The molecule has 0 fully saturated rings. The third kappa shape index (κ3) is 4.70. The molecule has 1 heterocycles. The first-order valence-corrected chi connectivity index (χ1v) is 8.00. The van der Waals surface area contributed by atoms with Crippen molar-refractivity contribution in [2.45, 2.75) is 6.42 Å². The average Bonchev–Trinajstić information content (AvgIpc) is 2.67. The van der Waals surface area contributed by atoms with Crippen LogP contribution in [0.25, 0.3) is 0 Å². The predicted octanol–water partition coefficient (Wildman–Crippen LogP) is 4.17. The molecular weight excluding hydrogens is 302 g/mol. The normalized spacial score (nSPS) is 14.5. The van der Waals surface area contributed by atoms with Gasteiger partial charge in [-0.05, 0) is 66.1 Å². The summed E-state index contributed by atoms with van der Waals surface area (Å²) < 4.78 is 16.2. The van der Waals surface area contributed by atoms with Gasteiger partial charge in [0.1, 0.15) is 18.1 Å². The number of benzene rings is 2. The van der Waals surface area contributed by atoms with Crippen molar-refractivity contribution >= 4 is 11.9 Å². The summed E-state index contributed by atoms with van der Waals surface area (Å²) in [5.41, 5.74) is 3.22. The Labute approximate surface area is 142 Å². The van der Waals surface area contributed by atoms with Crippen molar-refractivity contribution in [3.63, 3.8) is 0 Å². The van der Waals surface area contributed by atoms with Crippen molar-refractivity contribution in [2.24, 2.45) is 4.99 Å². The highest BCUT2D eigenvalue weighted by molar-refractivity contribution is 5.82. The molecule has 1 aliphatic rings. The topological polar surface area (TPSA) is 40.0 Å². The molecular formula is C20H21NO3. The highest BCUT2D eigenvalue weighted by atomic mass is 16.5. The number of hydrogen-bond donors (Lipinski definition) is 0. The first kappa shape index (κ1) is 16.3. The van der Waals surface area contributed by atoms with E-state index in [0.717, 1.165) is 35.8 Å². The number of aliphatic imine (C=N–C) groups is 1. The Kier molecular flexibility index (Phi) is 5.64. The molecule has 0 aliphatic carbocycles. The zero-order valence-electron chi connectivity index (χ0n) is 13.8. The molecule has 0 radical (unpaired) electrons. The number of hydrogen-bond acceptors (Lipinski definition) is 4. The van der Waals surface area contributed by atoms with E-state index in [0.29, 0.717) is 13.2 Å². The lowest BCUT2D eigenvalue weighted by molar-refractivity contribution is 0.150. The molecule has 0 bridgehead atoms. The maximum Gasteiger partial charge on any atom is 0.119 e. The fourth-order valence-corrected chi connectivity index (χ4v) is 2.34. The molecule has 0 spiro atoms. The standard InChI is InChI=1S/C20H21NO3/c1-22-19-8-4-18(5-9-19)21-14-16-2-6-20(7-3-16)24-15-17-10-12-23-13-11-17/h2-10,14H,11-13,15H2,1H3. The maximum absolute atomic E-state index is 5.81. The van der Waals surface area contributed by atoms with Gasteiger partial charge in [-0.3, -0.25) is 4.99 Å². The van der Waals surface area contributed by atoms with Crippen LogP contribution in [0.4, 0.5) is 5.69 Å². The summed E-state index contributed by atoms with van der Waals surface area (Å²) in [6.07, 6.45) is 4.89. The molecule has 0 unspecified atom stereocenters. The Hall–Kier alpha value is -2.59. The SMILES string of the molecule is COc1ccc(N=Cc2ccc(OCC3=CCOCC3)cc2)cc1. The van der Waals surface area contributed by atoms with Crippen molar-refractivity contribution in [2.75, 3.05) is 26.9 Å². The lowest BCUT2D eigenvalue weighted by Crippen LogP contribution is -2.10. The van der Waals surface area contributed by atoms with E-state index in [1.54, 1.807) is 7.11 Å². The molecule has 124 valence electrons. The van der Waals surface area contributed by atoms with Crippen molar-refractivity contribution in [1.29, 1.82) is 0 Å². The van der Waals surface area contributed by atoms with Gasteiger partial charge >= 0.3 is 0 Å². The zero-order valence-corrected chi connectivity index (χ0v) is 13.8. The molecule has 0 amide bonds. The molecule has 0 atom stereocenters. The maximum atomic E-state index is 5.81. The third-order valence-electron chi connectivity index (χ3n) is 3.80. The van der Waals surface area contributed by atoms with Crippen LogP contribution in [0, 0.1) is 0 Å². The molecule has 2 aromatic carbocycles. The third-order valence-corrected chi connectivity index (χ3v) is 3.80. The van der Waals surface area contributed by atoms with E-state index in [1.807, 2.05) is 54.7 Å². The van der Waals surface area contributed by atoms with Crippen LogP contribution in [0.15, 0.2) is 65.2 Å².